The van der Waals surface area contributed by atoms with Crippen molar-refractivity contribution in [1.82, 2.24) is 0 Å². The molecule has 0 heterocycles. The molecule has 0 unspecified atom stereocenters. The number of hydrogen-bond donors (Lipinski definition) is 3. The van der Waals surface area contributed by atoms with E-state index in [9.17, 15) is 9.18 Å². The Labute approximate surface area is 117 Å². The molecule has 98 valence electrons. The first-order valence-electron chi connectivity index (χ1n) is 5.44. The van der Waals surface area contributed by atoms with Gasteiger partial charge in [0.25, 0.3) is 5.91 Å². The number of rotatable bonds is 3. The van der Waals surface area contributed by atoms with Gasteiger partial charge in [-0.3, -0.25) is 10.6 Å². The molecular weight excluding hydrogens is 313 g/mol. The van der Waals surface area contributed by atoms with Gasteiger partial charge in [-0.2, -0.15) is 0 Å². The number of nitrogens with two attached hydrogens (primary N) is 1. The molecule has 19 heavy (non-hydrogen) atoms. The minimum atomic E-state index is -0.442. The van der Waals surface area contributed by atoms with E-state index in [0.29, 0.717) is 21.4 Å². The average molecular weight is 324 g/mol. The van der Waals surface area contributed by atoms with E-state index in [2.05, 4.69) is 26.7 Å². The molecule has 0 radical (unpaired) electrons. The van der Waals surface area contributed by atoms with Crippen molar-refractivity contribution in [3.8, 4) is 0 Å². The molecule has 0 fully saturated rings. The highest BCUT2D eigenvalue weighted by atomic mass is 79.9. The van der Waals surface area contributed by atoms with Crippen LogP contribution in [0.2, 0.25) is 0 Å². The summed E-state index contributed by atoms with van der Waals surface area (Å²) < 4.78 is 13.7. The van der Waals surface area contributed by atoms with Crippen molar-refractivity contribution in [2.75, 3.05) is 10.7 Å². The monoisotopic (exact) mass is 323 g/mol. The van der Waals surface area contributed by atoms with Crippen LogP contribution < -0.4 is 16.6 Å². The minimum Gasteiger partial charge on any atom is -0.323 e. The Bertz CT molecular complexity index is 619. The van der Waals surface area contributed by atoms with Gasteiger partial charge < -0.3 is 10.7 Å². The highest BCUT2D eigenvalue weighted by Gasteiger charge is 2.11. The molecule has 0 aliphatic heterocycles. The van der Waals surface area contributed by atoms with Gasteiger partial charge in [-0.05, 0) is 46.3 Å². The lowest BCUT2D eigenvalue weighted by molar-refractivity contribution is 0.102. The van der Waals surface area contributed by atoms with Crippen molar-refractivity contribution in [3.63, 3.8) is 0 Å². The van der Waals surface area contributed by atoms with Crippen LogP contribution in [0.1, 0.15) is 10.4 Å². The molecule has 0 aliphatic rings. The van der Waals surface area contributed by atoms with Crippen LogP contribution in [0.4, 0.5) is 15.8 Å². The van der Waals surface area contributed by atoms with Crippen LogP contribution in [0.15, 0.2) is 46.9 Å². The summed E-state index contributed by atoms with van der Waals surface area (Å²) in [6.07, 6.45) is 0. The lowest BCUT2D eigenvalue weighted by atomic mass is 10.1. The zero-order valence-corrected chi connectivity index (χ0v) is 11.4. The Morgan fingerprint density at radius 1 is 1.21 bits per heavy atom. The lowest BCUT2D eigenvalue weighted by Crippen LogP contribution is -2.17. The molecule has 0 atom stereocenters. The Hall–Kier alpha value is -1.92. The van der Waals surface area contributed by atoms with Gasteiger partial charge in [0.15, 0.2) is 0 Å². The van der Waals surface area contributed by atoms with Crippen molar-refractivity contribution < 1.29 is 9.18 Å². The molecule has 2 aromatic rings. The molecule has 0 saturated carbocycles. The third-order valence-electron chi connectivity index (χ3n) is 2.50. The molecule has 1 amide bonds. The molecule has 4 nitrogen and oxygen atoms in total. The van der Waals surface area contributed by atoms with E-state index >= 15 is 0 Å². The first kappa shape index (κ1) is 13.5. The molecule has 0 aliphatic carbocycles. The molecule has 6 heteroatoms. The normalized spacial score (nSPS) is 10.1. The molecule has 0 bridgehead atoms. The molecule has 0 saturated heterocycles. The molecule has 2 aromatic carbocycles. The third-order valence-corrected chi connectivity index (χ3v) is 3.15. The van der Waals surface area contributed by atoms with E-state index in [0.717, 1.165) is 0 Å². The number of halogens is 2. The van der Waals surface area contributed by atoms with Gasteiger partial charge in [0.05, 0.1) is 15.7 Å². The van der Waals surface area contributed by atoms with Crippen LogP contribution in [0, 0.1) is 5.82 Å². The summed E-state index contributed by atoms with van der Waals surface area (Å²) in [5.41, 5.74) is 3.69. The van der Waals surface area contributed by atoms with Crippen LogP contribution >= 0.6 is 15.9 Å². The highest BCUT2D eigenvalue weighted by molar-refractivity contribution is 9.10. The van der Waals surface area contributed by atoms with E-state index in [1.165, 1.54) is 12.1 Å². The van der Waals surface area contributed by atoms with Gasteiger partial charge in [0.2, 0.25) is 0 Å². The Balaban J connectivity index is 2.23. The number of benzene rings is 2. The number of amides is 1. The molecule has 4 N–H and O–H groups in total. The fraction of sp³-hybridized carbons (Fsp3) is 0. The van der Waals surface area contributed by atoms with Crippen LogP contribution in [-0.4, -0.2) is 5.91 Å². The number of carbonyl (C=O) groups excluding carboxylic acids is 1. The Kier molecular flexibility index (Phi) is 4.13. The first-order valence-corrected chi connectivity index (χ1v) is 6.23. The number of para-hydroxylation sites is 1. The van der Waals surface area contributed by atoms with E-state index in [1.807, 2.05) is 0 Å². The summed E-state index contributed by atoms with van der Waals surface area (Å²) in [4.78, 5) is 12.0. The number of hydrogen-bond acceptors (Lipinski definition) is 3. The van der Waals surface area contributed by atoms with E-state index < -0.39 is 5.82 Å². The van der Waals surface area contributed by atoms with Crippen molar-refractivity contribution in [1.29, 1.82) is 0 Å². The van der Waals surface area contributed by atoms with Crippen molar-refractivity contribution in [3.05, 3.63) is 58.3 Å². The quantitative estimate of drug-likeness (QED) is 0.600. The van der Waals surface area contributed by atoms with Crippen molar-refractivity contribution >= 4 is 33.2 Å². The van der Waals surface area contributed by atoms with E-state index in [1.54, 1.807) is 30.3 Å². The van der Waals surface area contributed by atoms with Crippen molar-refractivity contribution in [2.45, 2.75) is 0 Å². The van der Waals surface area contributed by atoms with Crippen LogP contribution in [-0.2, 0) is 0 Å². The van der Waals surface area contributed by atoms with E-state index in [-0.39, 0.29) is 5.91 Å². The highest BCUT2D eigenvalue weighted by Crippen LogP contribution is 2.21. The minimum absolute atomic E-state index is 0.342. The largest absolute Gasteiger partial charge is 0.323 e. The second kappa shape index (κ2) is 5.81. The predicted octanol–water partition coefficient (Wildman–Crippen LogP) is 3.13. The Morgan fingerprint density at radius 3 is 2.63 bits per heavy atom. The lowest BCUT2D eigenvalue weighted by Gasteiger charge is -2.09. The SMILES string of the molecule is NNc1ccccc1C(=O)Nc1ccc(Br)c(F)c1. The zero-order valence-electron chi connectivity index (χ0n) is 9.78. The van der Waals surface area contributed by atoms with Crippen LogP contribution in [0.25, 0.3) is 0 Å². The summed E-state index contributed by atoms with van der Waals surface area (Å²) in [6.45, 7) is 0. The summed E-state index contributed by atoms with van der Waals surface area (Å²) >= 11 is 3.05. The maximum Gasteiger partial charge on any atom is 0.257 e. The van der Waals surface area contributed by atoms with E-state index in [4.69, 9.17) is 5.84 Å². The fourth-order valence-electron chi connectivity index (χ4n) is 1.58. The molecule has 0 spiro atoms. The molecule has 0 aromatic heterocycles. The molecular formula is C13H11BrFN3O. The predicted molar refractivity (Wildman–Crippen MR) is 76.3 cm³/mol. The van der Waals surface area contributed by atoms with Gasteiger partial charge >= 0.3 is 0 Å². The fourth-order valence-corrected chi connectivity index (χ4v) is 1.83. The molecule has 2 rings (SSSR count). The number of anilines is 2. The summed E-state index contributed by atoms with van der Waals surface area (Å²) in [7, 11) is 0. The number of carbonyl (C=O) groups is 1. The second-order valence-electron chi connectivity index (χ2n) is 3.77. The number of nitrogen functional groups attached to an aromatic ring is 1. The maximum absolute atomic E-state index is 13.3. The summed E-state index contributed by atoms with van der Waals surface area (Å²) in [5, 5.41) is 2.61. The second-order valence-corrected chi connectivity index (χ2v) is 4.63. The van der Waals surface area contributed by atoms with Gasteiger partial charge in [-0.15, -0.1) is 0 Å². The third kappa shape index (κ3) is 3.10. The van der Waals surface area contributed by atoms with Gasteiger partial charge in [0.1, 0.15) is 5.82 Å². The average Bonchev–Trinajstić information content (AvgIpc) is 2.43. The van der Waals surface area contributed by atoms with Crippen LogP contribution in [0.3, 0.4) is 0 Å². The van der Waals surface area contributed by atoms with Crippen LogP contribution in [0.5, 0.6) is 0 Å². The standard InChI is InChI=1S/C13H11BrFN3O/c14-10-6-5-8(7-11(10)15)17-13(19)9-3-1-2-4-12(9)18-16/h1-7,18H,16H2,(H,17,19). The van der Waals surface area contributed by atoms with Crippen molar-refractivity contribution in [2.24, 2.45) is 5.84 Å². The van der Waals surface area contributed by atoms with Gasteiger partial charge in [-0.25, -0.2) is 4.39 Å². The first-order chi connectivity index (χ1) is 9.11. The summed E-state index contributed by atoms with van der Waals surface area (Å²) in [5.74, 6) is 4.52. The zero-order chi connectivity index (χ0) is 13.8. The topological polar surface area (TPSA) is 67.1 Å². The Morgan fingerprint density at radius 2 is 1.95 bits per heavy atom. The summed E-state index contributed by atoms with van der Waals surface area (Å²) in [6, 6.07) is 11.1. The smallest absolute Gasteiger partial charge is 0.257 e. The number of nitrogens with one attached hydrogen (secondary N) is 2. The van der Waals surface area contributed by atoms with Gasteiger partial charge in [-0.1, -0.05) is 12.1 Å². The van der Waals surface area contributed by atoms with Gasteiger partial charge in [0, 0.05) is 5.69 Å². The maximum atomic E-state index is 13.3. The number of hydrazine groups is 1.